The number of nitrogens with one attached hydrogen (secondary N) is 1. The zero-order valence-corrected chi connectivity index (χ0v) is 15.3. The first-order valence-corrected chi connectivity index (χ1v) is 8.64. The quantitative estimate of drug-likeness (QED) is 0.666. The number of carboxylic acid groups (broad SMARTS) is 1. The van der Waals surface area contributed by atoms with Gasteiger partial charge in [0.05, 0.1) is 12.7 Å². The minimum Gasteiger partial charge on any atom is -0.480 e. The van der Waals surface area contributed by atoms with E-state index in [1.54, 1.807) is 6.92 Å². The molecular weight excluding hydrogens is 354 g/mol. The molecule has 1 aliphatic heterocycles. The molecule has 0 aliphatic carbocycles. The fourth-order valence-electron chi connectivity index (χ4n) is 2.66. The van der Waals surface area contributed by atoms with Crippen molar-refractivity contribution in [1.82, 2.24) is 15.1 Å². The summed E-state index contributed by atoms with van der Waals surface area (Å²) in [7, 11) is 0. The van der Waals surface area contributed by atoms with E-state index in [0.29, 0.717) is 6.54 Å². The number of hydrogen-bond acceptors (Lipinski definition) is 5. The van der Waals surface area contributed by atoms with Crippen LogP contribution in [-0.4, -0.2) is 70.5 Å². The molecule has 9 heteroatoms. The Balaban J connectivity index is 1.98. The highest BCUT2D eigenvalue weighted by Gasteiger charge is 2.37. The third-order valence-corrected chi connectivity index (χ3v) is 4.31. The topological polar surface area (TPSA) is 116 Å². The summed E-state index contributed by atoms with van der Waals surface area (Å²) in [6.45, 7) is 4.01. The first-order chi connectivity index (χ1) is 12.8. The fraction of sp³-hybridized carbons (Fsp3) is 0.444. The predicted molar refractivity (Wildman–Crippen MR) is 94.6 cm³/mol. The van der Waals surface area contributed by atoms with Crippen LogP contribution in [0.25, 0.3) is 0 Å². The molecule has 0 spiro atoms. The van der Waals surface area contributed by atoms with E-state index in [9.17, 15) is 24.3 Å². The number of urea groups is 1. The Morgan fingerprint density at radius 1 is 1.19 bits per heavy atom. The number of aliphatic carboxylic acids is 1. The van der Waals surface area contributed by atoms with Gasteiger partial charge in [-0.25, -0.2) is 9.59 Å². The molecule has 1 saturated heterocycles. The molecular formula is C18H23N3O6. The number of amides is 4. The van der Waals surface area contributed by atoms with Crippen molar-refractivity contribution in [2.45, 2.75) is 32.6 Å². The molecule has 4 amide bonds. The summed E-state index contributed by atoms with van der Waals surface area (Å²) in [6.07, 6.45) is -0.852. The largest absolute Gasteiger partial charge is 0.480 e. The second kappa shape index (κ2) is 9.13. The van der Waals surface area contributed by atoms with Gasteiger partial charge in [0, 0.05) is 19.6 Å². The maximum absolute atomic E-state index is 12.3. The van der Waals surface area contributed by atoms with Gasteiger partial charge in [0.25, 0.3) is 0 Å². The number of nitrogens with zero attached hydrogens (tertiary/aromatic N) is 2. The molecule has 1 fully saturated rings. The molecule has 1 aromatic carbocycles. The highest BCUT2D eigenvalue weighted by Crippen LogP contribution is 2.09. The van der Waals surface area contributed by atoms with E-state index in [2.05, 4.69) is 5.32 Å². The van der Waals surface area contributed by atoms with Gasteiger partial charge in [-0.15, -0.1) is 0 Å². The molecule has 2 atom stereocenters. The van der Waals surface area contributed by atoms with Crippen molar-refractivity contribution in [2.24, 2.45) is 0 Å². The number of ether oxygens (including phenoxy) is 1. The third-order valence-electron chi connectivity index (χ3n) is 4.31. The summed E-state index contributed by atoms with van der Waals surface area (Å²) in [5.74, 6) is -3.04. The average molecular weight is 377 g/mol. The number of imide groups is 1. The van der Waals surface area contributed by atoms with E-state index in [4.69, 9.17) is 4.74 Å². The van der Waals surface area contributed by atoms with Crippen LogP contribution < -0.4 is 5.32 Å². The second-order valence-corrected chi connectivity index (χ2v) is 6.11. The van der Waals surface area contributed by atoms with Crippen LogP contribution in [-0.2, 0) is 25.7 Å². The van der Waals surface area contributed by atoms with Crippen LogP contribution in [0.1, 0.15) is 19.4 Å². The normalized spacial score (nSPS) is 16.8. The van der Waals surface area contributed by atoms with Gasteiger partial charge < -0.3 is 20.1 Å². The molecule has 27 heavy (non-hydrogen) atoms. The minimum atomic E-state index is -1.37. The van der Waals surface area contributed by atoms with Crippen LogP contribution in [0.4, 0.5) is 4.79 Å². The molecule has 146 valence electrons. The molecule has 0 bridgehead atoms. The van der Waals surface area contributed by atoms with E-state index < -0.39 is 36.0 Å². The number of benzene rings is 1. The molecule has 9 nitrogen and oxygen atoms in total. The van der Waals surface area contributed by atoms with E-state index in [1.807, 2.05) is 30.3 Å². The Morgan fingerprint density at radius 2 is 1.85 bits per heavy atom. The standard InChI is InChI=1S/C18H23N3O6/c1-3-20-9-10-21(16(23)15(20)22)18(26)19-14(17(24)25)12(2)27-11-13-7-5-4-6-8-13/h4-8,12,14H,3,9-11H2,1-2H3,(H,19,26)(H,24,25)/t12-,14+/m0/s1. The van der Waals surface area contributed by atoms with E-state index in [0.717, 1.165) is 10.5 Å². The lowest BCUT2D eigenvalue weighted by atomic mass is 10.1. The van der Waals surface area contributed by atoms with Gasteiger partial charge in [-0.05, 0) is 19.4 Å². The van der Waals surface area contributed by atoms with Crippen molar-refractivity contribution in [3.05, 3.63) is 35.9 Å². The molecule has 0 unspecified atom stereocenters. The Labute approximate surface area is 156 Å². The molecule has 0 saturated carbocycles. The van der Waals surface area contributed by atoms with Crippen LogP contribution >= 0.6 is 0 Å². The lowest BCUT2D eigenvalue weighted by Crippen LogP contribution is -2.61. The number of rotatable bonds is 7. The smallest absolute Gasteiger partial charge is 0.328 e. The molecule has 0 aromatic heterocycles. The van der Waals surface area contributed by atoms with E-state index in [-0.39, 0.29) is 19.7 Å². The molecule has 1 aromatic rings. The summed E-state index contributed by atoms with van der Waals surface area (Å²) in [6, 6.07) is 6.89. The lowest BCUT2D eigenvalue weighted by molar-refractivity contribution is -0.153. The van der Waals surface area contributed by atoms with Crippen molar-refractivity contribution >= 4 is 23.8 Å². The number of piperazine rings is 1. The summed E-state index contributed by atoms with van der Waals surface area (Å²) in [4.78, 5) is 49.9. The Morgan fingerprint density at radius 3 is 2.44 bits per heavy atom. The zero-order chi connectivity index (χ0) is 20.0. The van der Waals surface area contributed by atoms with Gasteiger partial charge in [0.15, 0.2) is 6.04 Å². The van der Waals surface area contributed by atoms with Crippen LogP contribution in [0, 0.1) is 0 Å². The first-order valence-electron chi connectivity index (χ1n) is 8.64. The number of carbonyl (C=O) groups is 4. The molecule has 1 heterocycles. The van der Waals surface area contributed by atoms with Gasteiger partial charge in [-0.3, -0.25) is 14.5 Å². The van der Waals surface area contributed by atoms with Gasteiger partial charge >= 0.3 is 23.8 Å². The fourth-order valence-corrected chi connectivity index (χ4v) is 2.66. The van der Waals surface area contributed by atoms with Gasteiger partial charge in [-0.2, -0.15) is 0 Å². The van der Waals surface area contributed by atoms with Gasteiger partial charge in [-0.1, -0.05) is 30.3 Å². The number of likely N-dealkylation sites (N-methyl/N-ethyl adjacent to an activating group) is 1. The zero-order valence-electron chi connectivity index (χ0n) is 15.3. The summed E-state index contributed by atoms with van der Waals surface area (Å²) < 4.78 is 5.55. The molecule has 2 rings (SSSR count). The van der Waals surface area contributed by atoms with Crippen molar-refractivity contribution in [2.75, 3.05) is 19.6 Å². The number of carbonyl (C=O) groups excluding carboxylic acids is 3. The summed E-state index contributed by atoms with van der Waals surface area (Å²) >= 11 is 0. The van der Waals surface area contributed by atoms with Crippen molar-refractivity contribution in [1.29, 1.82) is 0 Å². The third kappa shape index (κ3) is 5.04. The highest BCUT2D eigenvalue weighted by atomic mass is 16.5. The number of hydrogen-bond donors (Lipinski definition) is 2. The molecule has 0 radical (unpaired) electrons. The number of carboxylic acids is 1. The summed E-state index contributed by atoms with van der Waals surface area (Å²) in [5, 5.41) is 11.7. The second-order valence-electron chi connectivity index (χ2n) is 6.11. The molecule has 2 N–H and O–H groups in total. The predicted octanol–water partition coefficient (Wildman–Crippen LogP) is 0.445. The van der Waals surface area contributed by atoms with E-state index >= 15 is 0 Å². The van der Waals surface area contributed by atoms with Crippen LogP contribution in [0.2, 0.25) is 0 Å². The Hall–Kier alpha value is -2.94. The van der Waals surface area contributed by atoms with Crippen LogP contribution in [0.15, 0.2) is 30.3 Å². The van der Waals surface area contributed by atoms with Crippen molar-refractivity contribution < 1.29 is 29.0 Å². The van der Waals surface area contributed by atoms with Gasteiger partial charge in [0.2, 0.25) is 0 Å². The first kappa shape index (κ1) is 20.4. The maximum atomic E-state index is 12.3. The maximum Gasteiger partial charge on any atom is 0.328 e. The minimum absolute atomic E-state index is 0.00976. The lowest BCUT2D eigenvalue weighted by Gasteiger charge is -2.33. The van der Waals surface area contributed by atoms with Crippen molar-refractivity contribution in [3.63, 3.8) is 0 Å². The van der Waals surface area contributed by atoms with Crippen LogP contribution in [0.5, 0.6) is 0 Å². The molecule has 1 aliphatic rings. The summed E-state index contributed by atoms with van der Waals surface area (Å²) in [5.41, 5.74) is 0.858. The Bertz CT molecular complexity index is 708. The average Bonchev–Trinajstić information content (AvgIpc) is 2.66. The van der Waals surface area contributed by atoms with E-state index in [1.165, 1.54) is 11.8 Å². The monoisotopic (exact) mass is 377 g/mol. The van der Waals surface area contributed by atoms with Gasteiger partial charge in [0.1, 0.15) is 0 Å². The van der Waals surface area contributed by atoms with Crippen molar-refractivity contribution in [3.8, 4) is 0 Å². The highest BCUT2D eigenvalue weighted by molar-refractivity contribution is 6.38. The Kier molecular flexibility index (Phi) is 6.89. The SMILES string of the molecule is CCN1CCN(C(=O)N[C@@H](C(=O)O)[C@H](C)OCc2ccccc2)C(=O)C1=O. The van der Waals surface area contributed by atoms with Crippen LogP contribution in [0.3, 0.4) is 0 Å².